The summed E-state index contributed by atoms with van der Waals surface area (Å²) in [5.74, 6) is -0.152. The smallest absolute Gasteiger partial charge is 0.271 e. The van der Waals surface area contributed by atoms with Gasteiger partial charge in [-0.1, -0.05) is 0 Å². The minimum atomic E-state index is -0.152. The number of rotatable bonds is 7. The lowest BCUT2D eigenvalue weighted by Gasteiger charge is -2.04. The van der Waals surface area contributed by atoms with Gasteiger partial charge in [0.05, 0.1) is 25.5 Å². The Morgan fingerprint density at radius 1 is 1.50 bits per heavy atom. The molecule has 2 heterocycles. The molecule has 0 radical (unpaired) electrons. The Hall–Kier alpha value is -1.44. The fourth-order valence-electron chi connectivity index (χ4n) is 2.04. The lowest BCUT2D eigenvalue weighted by Crippen LogP contribution is -2.28. The van der Waals surface area contributed by atoms with Crippen LogP contribution in [0.15, 0.2) is 6.07 Å². The molecule has 2 rings (SSSR count). The van der Waals surface area contributed by atoms with E-state index < -0.39 is 0 Å². The Bertz CT molecular complexity index is 410. The molecule has 7 nitrogen and oxygen atoms in total. The molecule has 0 bridgehead atoms. The predicted molar refractivity (Wildman–Crippen MR) is 73.6 cm³/mol. The van der Waals surface area contributed by atoms with Crippen LogP contribution in [0, 0.1) is 0 Å². The molecule has 1 aliphatic rings. The van der Waals surface area contributed by atoms with Gasteiger partial charge in [0, 0.05) is 26.7 Å². The van der Waals surface area contributed by atoms with Crippen molar-refractivity contribution in [1.82, 2.24) is 20.4 Å². The van der Waals surface area contributed by atoms with Crippen molar-refractivity contribution in [3.8, 4) is 0 Å². The SMILES string of the molecule is COCCOCCNC(=O)c1cc2n(n1)CCCNC2. The zero-order valence-corrected chi connectivity index (χ0v) is 11.9. The number of amides is 1. The number of aryl methyl sites for hydroxylation is 1. The molecule has 0 saturated carbocycles. The number of nitrogens with one attached hydrogen (secondary N) is 2. The zero-order valence-electron chi connectivity index (χ0n) is 11.9. The third kappa shape index (κ3) is 4.29. The predicted octanol–water partition coefficient (Wildman–Crippen LogP) is -0.231. The molecule has 0 saturated heterocycles. The molecule has 1 amide bonds. The van der Waals surface area contributed by atoms with E-state index in [0.29, 0.717) is 32.1 Å². The van der Waals surface area contributed by atoms with E-state index in [4.69, 9.17) is 9.47 Å². The molecule has 0 aliphatic carbocycles. The summed E-state index contributed by atoms with van der Waals surface area (Å²) in [5.41, 5.74) is 1.53. The van der Waals surface area contributed by atoms with Crippen LogP contribution in [0.3, 0.4) is 0 Å². The Morgan fingerprint density at radius 2 is 2.40 bits per heavy atom. The van der Waals surface area contributed by atoms with E-state index in [0.717, 1.165) is 31.7 Å². The van der Waals surface area contributed by atoms with Crippen molar-refractivity contribution in [2.45, 2.75) is 19.5 Å². The van der Waals surface area contributed by atoms with E-state index in [1.54, 1.807) is 7.11 Å². The summed E-state index contributed by atoms with van der Waals surface area (Å²) in [6.07, 6.45) is 1.03. The molecule has 0 fully saturated rings. The van der Waals surface area contributed by atoms with Crippen LogP contribution in [-0.4, -0.2) is 55.7 Å². The van der Waals surface area contributed by atoms with Gasteiger partial charge in [-0.3, -0.25) is 9.48 Å². The first-order valence-corrected chi connectivity index (χ1v) is 6.93. The number of hydrogen-bond donors (Lipinski definition) is 2. The number of nitrogens with zero attached hydrogens (tertiary/aromatic N) is 2. The largest absolute Gasteiger partial charge is 0.382 e. The molecule has 0 unspecified atom stereocenters. The lowest BCUT2D eigenvalue weighted by molar-refractivity contribution is 0.0691. The first-order chi connectivity index (χ1) is 9.81. The summed E-state index contributed by atoms with van der Waals surface area (Å²) in [7, 11) is 1.63. The highest BCUT2D eigenvalue weighted by atomic mass is 16.5. The number of carbonyl (C=O) groups excluding carboxylic acids is 1. The standard InChI is InChI=1S/C13H22N4O3/c1-19-7-8-20-6-4-15-13(18)12-9-11-10-14-3-2-5-17(11)16-12/h9,14H,2-8,10H2,1H3,(H,15,18). The van der Waals surface area contributed by atoms with Crippen LogP contribution >= 0.6 is 0 Å². The number of methoxy groups -OCH3 is 1. The fraction of sp³-hybridized carbons (Fsp3) is 0.692. The van der Waals surface area contributed by atoms with Gasteiger partial charge in [-0.15, -0.1) is 0 Å². The maximum absolute atomic E-state index is 11.9. The van der Waals surface area contributed by atoms with Gasteiger partial charge in [0.25, 0.3) is 5.91 Å². The summed E-state index contributed by atoms with van der Waals surface area (Å²) in [6.45, 7) is 4.67. The third-order valence-corrected chi connectivity index (χ3v) is 3.09. The monoisotopic (exact) mass is 282 g/mol. The second-order valence-electron chi connectivity index (χ2n) is 4.64. The van der Waals surface area contributed by atoms with Gasteiger partial charge < -0.3 is 20.1 Å². The normalized spacial score (nSPS) is 14.7. The zero-order chi connectivity index (χ0) is 14.2. The maximum Gasteiger partial charge on any atom is 0.271 e. The fourth-order valence-corrected chi connectivity index (χ4v) is 2.04. The molecule has 0 spiro atoms. The van der Waals surface area contributed by atoms with Crippen molar-refractivity contribution in [3.05, 3.63) is 17.5 Å². The van der Waals surface area contributed by atoms with Gasteiger partial charge in [0.15, 0.2) is 0 Å². The molecule has 0 aromatic carbocycles. The van der Waals surface area contributed by atoms with Gasteiger partial charge in [0.1, 0.15) is 5.69 Å². The van der Waals surface area contributed by atoms with Gasteiger partial charge in [-0.25, -0.2) is 0 Å². The Labute approximate surface area is 118 Å². The van der Waals surface area contributed by atoms with Crippen LogP contribution in [0.1, 0.15) is 22.6 Å². The van der Waals surface area contributed by atoms with Crippen LogP contribution in [0.4, 0.5) is 0 Å². The van der Waals surface area contributed by atoms with Crippen molar-refractivity contribution in [2.75, 3.05) is 40.0 Å². The average Bonchev–Trinajstić information content (AvgIpc) is 2.74. The van der Waals surface area contributed by atoms with Crippen LogP contribution in [-0.2, 0) is 22.6 Å². The second-order valence-corrected chi connectivity index (χ2v) is 4.64. The van der Waals surface area contributed by atoms with Crippen LogP contribution < -0.4 is 10.6 Å². The number of hydrogen-bond acceptors (Lipinski definition) is 5. The average molecular weight is 282 g/mol. The molecule has 1 aliphatic heterocycles. The first kappa shape index (κ1) is 15.0. The number of ether oxygens (including phenoxy) is 2. The highest BCUT2D eigenvalue weighted by molar-refractivity contribution is 5.92. The van der Waals surface area contributed by atoms with Crippen molar-refractivity contribution in [2.24, 2.45) is 0 Å². The van der Waals surface area contributed by atoms with Crippen molar-refractivity contribution in [1.29, 1.82) is 0 Å². The Kier molecular flexibility index (Phi) is 5.97. The lowest BCUT2D eigenvalue weighted by atomic mass is 10.3. The van der Waals surface area contributed by atoms with E-state index in [1.165, 1.54) is 0 Å². The molecule has 7 heteroatoms. The molecule has 1 aromatic rings. The number of fused-ring (bicyclic) bond motifs is 1. The highest BCUT2D eigenvalue weighted by Gasteiger charge is 2.15. The Balaban J connectivity index is 1.75. The molecule has 0 atom stereocenters. The summed E-state index contributed by atoms with van der Waals surface area (Å²) in [5, 5.41) is 10.4. The third-order valence-electron chi connectivity index (χ3n) is 3.09. The molecule has 1 aromatic heterocycles. The second kappa shape index (κ2) is 7.98. The molecular formula is C13H22N4O3. The van der Waals surface area contributed by atoms with E-state index in [1.807, 2.05) is 10.7 Å². The van der Waals surface area contributed by atoms with E-state index in [9.17, 15) is 4.79 Å². The molecule has 20 heavy (non-hydrogen) atoms. The van der Waals surface area contributed by atoms with Crippen molar-refractivity contribution in [3.63, 3.8) is 0 Å². The summed E-state index contributed by atoms with van der Waals surface area (Å²) in [6, 6.07) is 1.85. The van der Waals surface area contributed by atoms with Crippen LogP contribution in [0.25, 0.3) is 0 Å². The van der Waals surface area contributed by atoms with Crippen molar-refractivity contribution < 1.29 is 14.3 Å². The number of aromatic nitrogens is 2. The molecule has 112 valence electrons. The minimum Gasteiger partial charge on any atom is -0.382 e. The Morgan fingerprint density at radius 3 is 3.25 bits per heavy atom. The van der Waals surface area contributed by atoms with E-state index in [2.05, 4.69) is 15.7 Å². The summed E-state index contributed by atoms with van der Waals surface area (Å²) < 4.78 is 12.1. The van der Waals surface area contributed by atoms with Crippen LogP contribution in [0.2, 0.25) is 0 Å². The maximum atomic E-state index is 11.9. The number of carbonyl (C=O) groups is 1. The summed E-state index contributed by atoms with van der Waals surface area (Å²) >= 11 is 0. The van der Waals surface area contributed by atoms with Gasteiger partial charge in [-0.2, -0.15) is 5.10 Å². The highest BCUT2D eigenvalue weighted by Crippen LogP contribution is 2.08. The minimum absolute atomic E-state index is 0.152. The first-order valence-electron chi connectivity index (χ1n) is 6.93. The topological polar surface area (TPSA) is 77.4 Å². The summed E-state index contributed by atoms with van der Waals surface area (Å²) in [4.78, 5) is 11.9. The van der Waals surface area contributed by atoms with Crippen LogP contribution in [0.5, 0.6) is 0 Å². The quantitative estimate of drug-likeness (QED) is 0.676. The van der Waals surface area contributed by atoms with E-state index in [-0.39, 0.29) is 5.91 Å². The van der Waals surface area contributed by atoms with Gasteiger partial charge in [0.2, 0.25) is 0 Å². The molecular weight excluding hydrogens is 260 g/mol. The van der Waals surface area contributed by atoms with Crippen molar-refractivity contribution >= 4 is 5.91 Å². The van der Waals surface area contributed by atoms with Gasteiger partial charge >= 0.3 is 0 Å². The van der Waals surface area contributed by atoms with Gasteiger partial charge in [-0.05, 0) is 19.0 Å². The van der Waals surface area contributed by atoms with E-state index >= 15 is 0 Å². The molecule has 2 N–H and O–H groups in total.